The molecule has 1 amide bonds. The summed E-state index contributed by atoms with van der Waals surface area (Å²) in [6.45, 7) is 4.63. The molecule has 1 aliphatic heterocycles. The molecular formula is C20H18FN3O. The van der Waals surface area contributed by atoms with Crippen molar-refractivity contribution < 1.29 is 9.18 Å². The van der Waals surface area contributed by atoms with Crippen LogP contribution in [-0.4, -0.2) is 15.7 Å². The van der Waals surface area contributed by atoms with Crippen LogP contribution in [0.15, 0.2) is 54.6 Å². The lowest BCUT2D eigenvalue weighted by Crippen LogP contribution is -2.25. The van der Waals surface area contributed by atoms with E-state index in [0.717, 1.165) is 16.9 Å². The lowest BCUT2D eigenvalue weighted by Gasteiger charge is -2.17. The van der Waals surface area contributed by atoms with Gasteiger partial charge in [-0.2, -0.15) is 5.10 Å². The highest BCUT2D eigenvalue weighted by Crippen LogP contribution is 2.34. The smallest absolute Gasteiger partial charge is 0.277 e. The summed E-state index contributed by atoms with van der Waals surface area (Å²) in [6.07, 6.45) is 0. The van der Waals surface area contributed by atoms with Crippen LogP contribution in [0.5, 0.6) is 0 Å². The third-order valence-electron chi connectivity index (χ3n) is 4.46. The summed E-state index contributed by atoms with van der Waals surface area (Å²) in [7, 11) is 0. The standard InChI is InChI=1S/C20H18FN3O/c1-13(2)18-17-12-23(15-6-4-3-5-7-15)20(25)19(17)24(22-18)16-10-8-14(21)9-11-16/h3-11,13H,12H2,1-2H3. The van der Waals surface area contributed by atoms with E-state index in [0.29, 0.717) is 17.9 Å². The van der Waals surface area contributed by atoms with E-state index in [9.17, 15) is 9.18 Å². The van der Waals surface area contributed by atoms with Crippen LogP contribution in [-0.2, 0) is 6.54 Å². The molecular weight excluding hydrogens is 317 g/mol. The molecule has 0 unspecified atom stereocenters. The molecule has 4 rings (SSSR count). The highest BCUT2D eigenvalue weighted by atomic mass is 19.1. The summed E-state index contributed by atoms with van der Waals surface area (Å²) in [4.78, 5) is 14.8. The Morgan fingerprint density at radius 2 is 1.68 bits per heavy atom. The summed E-state index contributed by atoms with van der Waals surface area (Å²) in [5.41, 5.74) is 3.98. The van der Waals surface area contributed by atoms with Gasteiger partial charge in [0.1, 0.15) is 11.5 Å². The Hall–Kier alpha value is -2.95. The monoisotopic (exact) mass is 335 g/mol. The van der Waals surface area contributed by atoms with Gasteiger partial charge >= 0.3 is 0 Å². The van der Waals surface area contributed by atoms with Gasteiger partial charge in [-0.15, -0.1) is 0 Å². The van der Waals surface area contributed by atoms with Gasteiger partial charge < -0.3 is 4.90 Å². The van der Waals surface area contributed by atoms with Crippen molar-refractivity contribution >= 4 is 11.6 Å². The average Bonchev–Trinajstić information content (AvgIpc) is 3.15. The van der Waals surface area contributed by atoms with Crippen molar-refractivity contribution in [1.29, 1.82) is 0 Å². The predicted octanol–water partition coefficient (Wildman–Crippen LogP) is 4.30. The third-order valence-corrected chi connectivity index (χ3v) is 4.46. The van der Waals surface area contributed by atoms with Crippen LogP contribution >= 0.6 is 0 Å². The zero-order valence-corrected chi connectivity index (χ0v) is 14.1. The zero-order chi connectivity index (χ0) is 17.6. The predicted molar refractivity (Wildman–Crippen MR) is 94.6 cm³/mol. The Labute approximate surface area is 145 Å². The van der Waals surface area contributed by atoms with Gasteiger partial charge in [0.15, 0.2) is 0 Å². The number of rotatable bonds is 3. The van der Waals surface area contributed by atoms with E-state index < -0.39 is 0 Å². The molecule has 2 heterocycles. The Morgan fingerprint density at radius 1 is 1.00 bits per heavy atom. The highest BCUT2D eigenvalue weighted by molar-refractivity contribution is 6.09. The minimum absolute atomic E-state index is 0.0788. The zero-order valence-electron chi connectivity index (χ0n) is 14.1. The topological polar surface area (TPSA) is 38.1 Å². The number of hydrogen-bond donors (Lipinski definition) is 0. The summed E-state index contributed by atoms with van der Waals surface area (Å²) in [6, 6.07) is 15.7. The van der Waals surface area contributed by atoms with Crippen LogP contribution in [0.1, 0.15) is 41.5 Å². The lowest BCUT2D eigenvalue weighted by atomic mass is 10.1. The number of aromatic nitrogens is 2. The van der Waals surface area contributed by atoms with Crippen LogP contribution in [0, 0.1) is 5.82 Å². The summed E-state index contributed by atoms with van der Waals surface area (Å²) in [5, 5.41) is 4.66. The van der Waals surface area contributed by atoms with Gasteiger partial charge in [-0.25, -0.2) is 9.07 Å². The number of carbonyl (C=O) groups is 1. The van der Waals surface area contributed by atoms with Crippen LogP contribution in [0.2, 0.25) is 0 Å². The number of carbonyl (C=O) groups excluding carboxylic acids is 1. The van der Waals surface area contributed by atoms with Crippen LogP contribution < -0.4 is 4.90 Å². The molecule has 4 nitrogen and oxygen atoms in total. The third kappa shape index (κ3) is 2.52. The van der Waals surface area contributed by atoms with Gasteiger partial charge in [0.05, 0.1) is 17.9 Å². The fraction of sp³-hybridized carbons (Fsp3) is 0.200. The first-order chi connectivity index (χ1) is 12.1. The molecule has 0 N–H and O–H groups in total. The molecule has 3 aromatic rings. The maximum atomic E-state index is 13.3. The number of hydrogen-bond acceptors (Lipinski definition) is 2. The fourth-order valence-corrected chi connectivity index (χ4v) is 3.25. The number of benzene rings is 2. The number of anilines is 1. The fourth-order valence-electron chi connectivity index (χ4n) is 3.25. The van der Waals surface area contributed by atoms with Crippen molar-refractivity contribution in [2.24, 2.45) is 0 Å². The van der Waals surface area contributed by atoms with E-state index in [1.807, 2.05) is 30.3 Å². The van der Waals surface area contributed by atoms with Crippen molar-refractivity contribution in [2.45, 2.75) is 26.3 Å². The van der Waals surface area contributed by atoms with E-state index in [1.165, 1.54) is 12.1 Å². The molecule has 0 saturated heterocycles. The van der Waals surface area contributed by atoms with Gasteiger partial charge in [-0.1, -0.05) is 32.0 Å². The van der Waals surface area contributed by atoms with Gasteiger partial charge in [0.2, 0.25) is 0 Å². The molecule has 25 heavy (non-hydrogen) atoms. The largest absolute Gasteiger partial charge is 0.302 e. The molecule has 0 spiro atoms. The maximum Gasteiger partial charge on any atom is 0.277 e. The number of para-hydroxylation sites is 1. The Balaban J connectivity index is 1.85. The van der Waals surface area contributed by atoms with Crippen molar-refractivity contribution in [3.8, 4) is 5.69 Å². The first-order valence-corrected chi connectivity index (χ1v) is 8.31. The van der Waals surface area contributed by atoms with Crippen LogP contribution in [0.4, 0.5) is 10.1 Å². The van der Waals surface area contributed by atoms with Gasteiger partial charge in [0, 0.05) is 11.3 Å². The SMILES string of the molecule is CC(C)c1nn(-c2ccc(F)cc2)c2c1CN(c1ccccc1)C2=O. The van der Waals surface area contributed by atoms with E-state index in [-0.39, 0.29) is 17.6 Å². The summed E-state index contributed by atoms with van der Waals surface area (Å²) < 4.78 is 14.9. The average molecular weight is 335 g/mol. The molecule has 0 atom stereocenters. The van der Waals surface area contributed by atoms with E-state index in [2.05, 4.69) is 18.9 Å². The lowest BCUT2D eigenvalue weighted by molar-refractivity contribution is 0.0989. The molecule has 0 aliphatic carbocycles. The molecule has 0 bridgehead atoms. The van der Waals surface area contributed by atoms with Gasteiger partial charge in [0.25, 0.3) is 5.91 Å². The quantitative estimate of drug-likeness (QED) is 0.716. The molecule has 0 saturated carbocycles. The Kier molecular flexibility index (Phi) is 3.64. The molecule has 0 fully saturated rings. The van der Waals surface area contributed by atoms with Crippen LogP contribution in [0.25, 0.3) is 5.69 Å². The van der Waals surface area contributed by atoms with Crippen molar-refractivity contribution in [1.82, 2.24) is 9.78 Å². The van der Waals surface area contributed by atoms with Crippen molar-refractivity contribution in [2.75, 3.05) is 4.90 Å². The van der Waals surface area contributed by atoms with E-state index >= 15 is 0 Å². The first kappa shape index (κ1) is 15.6. The van der Waals surface area contributed by atoms with E-state index in [1.54, 1.807) is 21.7 Å². The second-order valence-electron chi connectivity index (χ2n) is 6.48. The molecule has 126 valence electrons. The minimum atomic E-state index is -0.311. The molecule has 5 heteroatoms. The Morgan fingerprint density at radius 3 is 2.32 bits per heavy atom. The van der Waals surface area contributed by atoms with Crippen molar-refractivity contribution in [3.63, 3.8) is 0 Å². The highest BCUT2D eigenvalue weighted by Gasteiger charge is 2.36. The molecule has 2 aromatic carbocycles. The molecule has 0 radical (unpaired) electrons. The number of fused-ring (bicyclic) bond motifs is 1. The second kappa shape index (κ2) is 5.84. The normalized spacial score (nSPS) is 13.6. The Bertz CT molecular complexity index is 930. The summed E-state index contributed by atoms with van der Waals surface area (Å²) in [5.74, 6) is -0.197. The van der Waals surface area contributed by atoms with Crippen molar-refractivity contribution in [3.05, 3.63) is 77.4 Å². The first-order valence-electron chi connectivity index (χ1n) is 8.31. The number of amides is 1. The van der Waals surface area contributed by atoms with Gasteiger partial charge in [-0.3, -0.25) is 4.79 Å². The minimum Gasteiger partial charge on any atom is -0.302 e. The molecule has 1 aromatic heterocycles. The van der Waals surface area contributed by atoms with Gasteiger partial charge in [-0.05, 0) is 42.3 Å². The number of halogens is 1. The molecule has 1 aliphatic rings. The number of nitrogens with zero attached hydrogens (tertiary/aromatic N) is 3. The maximum absolute atomic E-state index is 13.3. The van der Waals surface area contributed by atoms with E-state index in [4.69, 9.17) is 0 Å². The van der Waals surface area contributed by atoms with Crippen LogP contribution in [0.3, 0.4) is 0 Å². The summed E-state index contributed by atoms with van der Waals surface area (Å²) >= 11 is 0. The second-order valence-corrected chi connectivity index (χ2v) is 6.48.